The number of halogens is 6. The number of alkyl halides is 6. The number of nitrogens with zero attached hydrogens (tertiary/aromatic N) is 4. The molecule has 33 heavy (non-hydrogen) atoms. The van der Waals surface area contributed by atoms with E-state index < -0.39 is 61.8 Å². The van der Waals surface area contributed by atoms with Crippen molar-refractivity contribution in [2.24, 2.45) is 0 Å². The average molecular weight is 472 g/mol. The molecule has 4 rings (SSSR count). The molecule has 0 atom stereocenters. The summed E-state index contributed by atoms with van der Waals surface area (Å²) >= 11 is 0. The van der Waals surface area contributed by atoms with Gasteiger partial charge in [0.1, 0.15) is 5.52 Å². The van der Waals surface area contributed by atoms with Gasteiger partial charge in [-0.25, -0.2) is 4.68 Å². The van der Waals surface area contributed by atoms with E-state index in [1.165, 1.54) is 6.07 Å². The molecule has 8 nitrogen and oxygen atoms in total. The van der Waals surface area contributed by atoms with Gasteiger partial charge in [-0.15, -0.1) is 0 Å². The number of non-ortho nitro benzene ring substituents is 1. The first kappa shape index (κ1) is 22.4. The highest BCUT2D eigenvalue weighted by Crippen LogP contribution is 2.44. The van der Waals surface area contributed by atoms with Crippen LogP contribution in [0, 0.1) is 10.1 Å². The predicted octanol–water partition coefficient (Wildman–Crippen LogP) is 4.20. The standard InChI is InChI=1S/C19H10F6N4O4/c20-18(21,22)16-12-8-13(17(30,31)19(23,24)25)11-2-1-7-26-14(11)15(12)27-28(16)9-3-5-10(6-4-9)29(32)33/h1-8,30-31H. The number of nitro benzene ring substituents is 1. The Balaban J connectivity index is 2.13. The number of pyridine rings is 1. The Morgan fingerprint density at radius 2 is 1.58 bits per heavy atom. The first-order chi connectivity index (χ1) is 15.2. The van der Waals surface area contributed by atoms with Gasteiger partial charge in [0.05, 0.1) is 16.1 Å². The van der Waals surface area contributed by atoms with Gasteiger partial charge in [-0.05, 0) is 24.3 Å². The van der Waals surface area contributed by atoms with Crippen molar-refractivity contribution in [1.82, 2.24) is 14.8 Å². The van der Waals surface area contributed by atoms with Crippen LogP contribution in [0.2, 0.25) is 0 Å². The van der Waals surface area contributed by atoms with Crippen LogP contribution in [0.15, 0.2) is 48.7 Å². The molecule has 4 aromatic rings. The lowest BCUT2D eigenvalue weighted by molar-refractivity contribution is -0.384. The van der Waals surface area contributed by atoms with Crippen LogP contribution in [0.5, 0.6) is 0 Å². The third-order valence-electron chi connectivity index (χ3n) is 4.88. The molecule has 0 saturated carbocycles. The van der Waals surface area contributed by atoms with Gasteiger partial charge in [0.15, 0.2) is 5.69 Å². The Kier molecular flexibility index (Phi) is 4.83. The summed E-state index contributed by atoms with van der Waals surface area (Å²) in [6, 6.07) is 6.37. The zero-order valence-electron chi connectivity index (χ0n) is 15.9. The first-order valence-electron chi connectivity index (χ1n) is 8.88. The first-order valence-corrected chi connectivity index (χ1v) is 8.88. The summed E-state index contributed by atoms with van der Waals surface area (Å²) in [6.07, 6.45) is -9.72. The molecule has 0 aliphatic rings. The summed E-state index contributed by atoms with van der Waals surface area (Å²) in [7, 11) is 0. The van der Waals surface area contributed by atoms with Crippen molar-refractivity contribution in [1.29, 1.82) is 0 Å². The highest BCUT2D eigenvalue weighted by molar-refractivity contribution is 6.06. The number of benzene rings is 2. The summed E-state index contributed by atoms with van der Waals surface area (Å²) in [6.45, 7) is 0. The van der Waals surface area contributed by atoms with E-state index in [0.717, 1.165) is 36.5 Å². The molecule has 0 spiro atoms. The van der Waals surface area contributed by atoms with Crippen molar-refractivity contribution in [2.75, 3.05) is 0 Å². The molecule has 0 saturated heterocycles. The fourth-order valence-corrected chi connectivity index (χ4v) is 3.39. The zero-order chi connectivity index (χ0) is 24.3. The van der Waals surface area contributed by atoms with Crippen molar-refractivity contribution in [3.8, 4) is 5.69 Å². The van der Waals surface area contributed by atoms with Crippen LogP contribution in [0.25, 0.3) is 27.5 Å². The second-order valence-electron chi connectivity index (χ2n) is 6.92. The highest BCUT2D eigenvalue weighted by Gasteiger charge is 2.55. The molecule has 2 N–H and O–H groups in total. The molecule has 0 fully saturated rings. The maximum atomic E-state index is 14.0. The SMILES string of the molecule is O=[N+]([O-])c1ccc(-n2nc3c(cc(C(O)(O)C(F)(F)F)c4cccnc43)c2C(F)(F)F)cc1. The molecule has 2 aromatic heterocycles. The minimum atomic E-state index is -5.64. The van der Waals surface area contributed by atoms with E-state index in [-0.39, 0.29) is 5.69 Å². The van der Waals surface area contributed by atoms with Gasteiger partial charge in [0.25, 0.3) is 11.5 Å². The normalized spacial score (nSPS) is 13.1. The van der Waals surface area contributed by atoms with E-state index in [0.29, 0.717) is 10.7 Å². The fraction of sp³-hybridized carbons (Fsp3) is 0.158. The van der Waals surface area contributed by atoms with Crippen LogP contribution in [0.1, 0.15) is 11.3 Å². The van der Waals surface area contributed by atoms with Crippen LogP contribution in [0.3, 0.4) is 0 Å². The summed E-state index contributed by atoms with van der Waals surface area (Å²) in [4.78, 5) is 13.9. The Labute approximate surface area is 178 Å². The van der Waals surface area contributed by atoms with Gasteiger partial charge in [-0.1, -0.05) is 6.07 Å². The van der Waals surface area contributed by atoms with Gasteiger partial charge in [0.2, 0.25) is 0 Å². The number of rotatable bonds is 3. The Hall–Kier alpha value is -3.78. The number of aliphatic hydroxyl groups is 2. The van der Waals surface area contributed by atoms with Gasteiger partial charge >= 0.3 is 12.4 Å². The van der Waals surface area contributed by atoms with E-state index in [9.17, 15) is 46.7 Å². The predicted molar refractivity (Wildman–Crippen MR) is 100 cm³/mol. The summed E-state index contributed by atoms with van der Waals surface area (Å²) in [5.74, 6) is -4.49. The van der Waals surface area contributed by atoms with Crippen LogP contribution in [-0.4, -0.2) is 36.1 Å². The van der Waals surface area contributed by atoms with Gasteiger partial charge in [-0.2, -0.15) is 31.4 Å². The summed E-state index contributed by atoms with van der Waals surface area (Å²) in [5, 5.41) is 33.0. The molecule has 0 aliphatic heterocycles. The molecule has 2 aromatic carbocycles. The van der Waals surface area contributed by atoms with Crippen molar-refractivity contribution in [3.63, 3.8) is 0 Å². The highest BCUT2D eigenvalue weighted by atomic mass is 19.4. The summed E-state index contributed by atoms with van der Waals surface area (Å²) in [5.41, 5.74) is -4.37. The lowest BCUT2D eigenvalue weighted by atomic mass is 9.96. The Morgan fingerprint density at radius 1 is 0.939 bits per heavy atom. The molecular formula is C19H10F6N4O4. The molecule has 0 bridgehead atoms. The zero-order valence-corrected chi connectivity index (χ0v) is 15.9. The third-order valence-corrected chi connectivity index (χ3v) is 4.88. The van der Waals surface area contributed by atoms with Gasteiger partial charge < -0.3 is 10.2 Å². The van der Waals surface area contributed by atoms with Crippen molar-refractivity contribution >= 4 is 27.5 Å². The molecule has 0 amide bonds. The Morgan fingerprint density at radius 3 is 2.12 bits per heavy atom. The van der Waals surface area contributed by atoms with Crippen molar-refractivity contribution < 1.29 is 41.5 Å². The molecule has 0 radical (unpaired) electrons. The fourth-order valence-electron chi connectivity index (χ4n) is 3.39. The second kappa shape index (κ2) is 7.11. The van der Waals surface area contributed by atoms with E-state index in [1.54, 1.807) is 0 Å². The van der Waals surface area contributed by atoms with Crippen molar-refractivity contribution in [2.45, 2.75) is 18.1 Å². The lowest BCUT2D eigenvalue weighted by Crippen LogP contribution is -2.42. The minimum Gasteiger partial charge on any atom is -0.355 e. The molecular weight excluding hydrogens is 462 g/mol. The largest absolute Gasteiger partial charge is 0.447 e. The monoisotopic (exact) mass is 472 g/mol. The molecule has 172 valence electrons. The molecule has 14 heteroatoms. The maximum Gasteiger partial charge on any atom is 0.447 e. The number of hydrogen-bond donors (Lipinski definition) is 2. The molecule has 2 heterocycles. The van der Waals surface area contributed by atoms with E-state index in [1.807, 2.05) is 0 Å². The van der Waals surface area contributed by atoms with Crippen LogP contribution in [-0.2, 0) is 12.0 Å². The smallest absolute Gasteiger partial charge is 0.355 e. The van der Waals surface area contributed by atoms with Gasteiger partial charge in [0, 0.05) is 34.7 Å². The Bertz CT molecular complexity index is 1390. The quantitative estimate of drug-likeness (QED) is 0.200. The third kappa shape index (κ3) is 3.52. The molecule has 0 unspecified atom stereocenters. The molecule has 0 aliphatic carbocycles. The van der Waals surface area contributed by atoms with Crippen molar-refractivity contribution in [3.05, 3.63) is 70.0 Å². The lowest BCUT2D eigenvalue weighted by Gasteiger charge is -2.26. The number of fused-ring (bicyclic) bond motifs is 3. The van der Waals surface area contributed by atoms with E-state index >= 15 is 0 Å². The van der Waals surface area contributed by atoms with E-state index in [4.69, 9.17) is 0 Å². The number of nitro groups is 1. The average Bonchev–Trinajstić information content (AvgIpc) is 3.12. The summed E-state index contributed by atoms with van der Waals surface area (Å²) < 4.78 is 82.5. The topological polar surface area (TPSA) is 114 Å². The van der Waals surface area contributed by atoms with E-state index in [2.05, 4.69) is 10.1 Å². The van der Waals surface area contributed by atoms with Gasteiger partial charge in [-0.3, -0.25) is 15.1 Å². The van der Waals surface area contributed by atoms with Crippen LogP contribution in [0.4, 0.5) is 32.0 Å². The second-order valence-corrected chi connectivity index (χ2v) is 6.92. The van der Waals surface area contributed by atoms with Crippen LogP contribution >= 0.6 is 0 Å². The minimum absolute atomic E-state index is 0.273. The van der Waals surface area contributed by atoms with Crippen LogP contribution < -0.4 is 0 Å². The maximum absolute atomic E-state index is 14.0. The number of hydrogen-bond acceptors (Lipinski definition) is 6. The number of aromatic nitrogens is 3.